The minimum Gasteiger partial charge on any atom is -0.489 e. The predicted molar refractivity (Wildman–Crippen MR) is 159 cm³/mol. The number of ether oxygens (including phenoxy) is 4. The third kappa shape index (κ3) is 12.7. The van der Waals surface area contributed by atoms with Gasteiger partial charge in [-0.15, -0.1) is 0 Å². The molecular formula is C31H49N3O8. The molecule has 0 aliphatic carbocycles. The molecule has 0 radical (unpaired) electrons. The number of alkyl carbamates (subject to hydrolysis) is 1. The van der Waals surface area contributed by atoms with Crippen LogP contribution in [0.2, 0.25) is 0 Å². The normalized spacial score (nSPS) is 16.0. The van der Waals surface area contributed by atoms with Crippen LogP contribution in [0.5, 0.6) is 5.75 Å². The molecule has 0 spiro atoms. The van der Waals surface area contributed by atoms with Crippen LogP contribution in [0.3, 0.4) is 0 Å². The maximum absolute atomic E-state index is 13.7. The summed E-state index contributed by atoms with van der Waals surface area (Å²) in [7, 11) is 0. The van der Waals surface area contributed by atoms with Crippen molar-refractivity contribution in [3.05, 3.63) is 24.3 Å². The maximum atomic E-state index is 13.7. The van der Waals surface area contributed by atoms with E-state index in [1.807, 2.05) is 20.8 Å². The zero-order chi connectivity index (χ0) is 31.3. The smallest absolute Gasteiger partial charge is 0.407 e. The number of unbranched alkanes of at least 4 members (excludes halogenated alkanes) is 4. The molecule has 1 aromatic carbocycles. The van der Waals surface area contributed by atoms with Gasteiger partial charge < -0.3 is 24.3 Å². The number of nitrogens with one attached hydrogen (secondary N) is 2. The van der Waals surface area contributed by atoms with Crippen LogP contribution in [0.25, 0.3) is 0 Å². The highest BCUT2D eigenvalue weighted by Gasteiger charge is 2.36. The minimum absolute atomic E-state index is 0.0127. The molecule has 236 valence electrons. The standard InChI is InChI=1S/C31H49N3O8/c1-8-39-28(37)22(16-12-10-9-11-15-19-32-29(38)42-31(5,6)7)33-23-21-40-25-18-14-13-17-24(25)34(27(23)36)20-26(35)41-30(2,3)4/h13-14,17-18,22-23,33H,8-12,15-16,19-21H2,1-7H3,(H,32,38)/t22-,23?/m0/s1. The van der Waals surface area contributed by atoms with Crippen LogP contribution >= 0.6 is 0 Å². The van der Waals surface area contributed by atoms with Gasteiger partial charge in [-0.1, -0.05) is 37.8 Å². The SMILES string of the molecule is CCOC(=O)[C@H](CCCCCCCNC(=O)OC(C)(C)C)NC1COc2ccccc2N(CC(=O)OC(C)(C)C)C1=O. The fourth-order valence-corrected chi connectivity index (χ4v) is 4.40. The third-order valence-electron chi connectivity index (χ3n) is 6.14. The Bertz CT molecular complexity index is 1050. The molecule has 0 saturated carbocycles. The summed E-state index contributed by atoms with van der Waals surface area (Å²) in [4.78, 5) is 52.3. The van der Waals surface area contributed by atoms with Crippen LogP contribution in [0.15, 0.2) is 24.3 Å². The highest BCUT2D eigenvalue weighted by molar-refractivity contribution is 6.02. The molecule has 0 aromatic heterocycles. The Balaban J connectivity index is 1.96. The van der Waals surface area contributed by atoms with Crippen molar-refractivity contribution in [1.29, 1.82) is 0 Å². The number of nitrogens with zero attached hydrogens (tertiary/aromatic N) is 1. The van der Waals surface area contributed by atoms with E-state index in [-0.39, 0.29) is 19.8 Å². The largest absolute Gasteiger partial charge is 0.489 e. The Kier molecular flexibility index (Phi) is 13.6. The molecule has 2 N–H and O–H groups in total. The van der Waals surface area contributed by atoms with Crippen molar-refractivity contribution in [3.63, 3.8) is 0 Å². The molecule has 11 heteroatoms. The van der Waals surface area contributed by atoms with Gasteiger partial charge >= 0.3 is 18.0 Å². The zero-order valence-corrected chi connectivity index (χ0v) is 26.2. The second kappa shape index (κ2) is 16.3. The average Bonchev–Trinajstić information content (AvgIpc) is 2.99. The summed E-state index contributed by atoms with van der Waals surface area (Å²) < 4.78 is 21.9. The van der Waals surface area contributed by atoms with Crippen LogP contribution in [-0.2, 0) is 28.6 Å². The first-order valence-corrected chi connectivity index (χ1v) is 14.8. The van der Waals surface area contributed by atoms with E-state index in [1.165, 1.54) is 4.90 Å². The van der Waals surface area contributed by atoms with Gasteiger partial charge in [-0.3, -0.25) is 24.6 Å². The number of hydrogen-bond donors (Lipinski definition) is 2. The first-order chi connectivity index (χ1) is 19.7. The number of amides is 2. The van der Waals surface area contributed by atoms with Crippen LogP contribution in [0, 0.1) is 0 Å². The summed E-state index contributed by atoms with van der Waals surface area (Å²) in [6.07, 6.45) is 4.32. The highest BCUT2D eigenvalue weighted by Crippen LogP contribution is 2.31. The third-order valence-corrected chi connectivity index (χ3v) is 6.14. The van der Waals surface area contributed by atoms with E-state index in [2.05, 4.69) is 10.6 Å². The molecule has 0 bridgehead atoms. The summed E-state index contributed by atoms with van der Waals surface area (Å²) in [5.74, 6) is -0.910. The number of benzene rings is 1. The Labute approximate surface area is 250 Å². The number of hydrogen-bond acceptors (Lipinski definition) is 9. The molecule has 11 nitrogen and oxygen atoms in total. The van der Waals surface area contributed by atoms with Gasteiger partial charge in [0.15, 0.2) is 0 Å². The Morgan fingerprint density at radius 3 is 2.29 bits per heavy atom. The van der Waals surface area contributed by atoms with Gasteiger partial charge in [0.25, 0.3) is 0 Å². The summed E-state index contributed by atoms with van der Waals surface area (Å²) in [5, 5.41) is 5.91. The molecule has 0 fully saturated rings. The Morgan fingerprint density at radius 1 is 0.976 bits per heavy atom. The lowest BCUT2D eigenvalue weighted by molar-refractivity contribution is -0.154. The van der Waals surface area contributed by atoms with Crippen molar-refractivity contribution in [2.45, 2.75) is 110 Å². The van der Waals surface area contributed by atoms with E-state index >= 15 is 0 Å². The van der Waals surface area contributed by atoms with Gasteiger partial charge in [-0.2, -0.15) is 0 Å². The van der Waals surface area contributed by atoms with Crippen molar-refractivity contribution in [2.75, 3.05) is 31.2 Å². The van der Waals surface area contributed by atoms with Gasteiger partial charge in [0, 0.05) is 6.54 Å². The Hall–Kier alpha value is -3.34. The molecule has 0 saturated heterocycles. The second-order valence-electron chi connectivity index (χ2n) is 12.3. The summed E-state index contributed by atoms with van der Waals surface area (Å²) in [5.41, 5.74) is -0.767. The number of carbonyl (C=O) groups is 4. The molecule has 2 amide bonds. The molecule has 1 aliphatic rings. The highest BCUT2D eigenvalue weighted by atomic mass is 16.6. The topological polar surface area (TPSA) is 132 Å². The van der Waals surface area contributed by atoms with Crippen molar-refractivity contribution in [1.82, 2.24) is 10.6 Å². The minimum atomic E-state index is -0.881. The number of para-hydroxylation sites is 2. The lowest BCUT2D eigenvalue weighted by Gasteiger charge is -2.28. The van der Waals surface area contributed by atoms with E-state index < -0.39 is 47.2 Å². The second-order valence-corrected chi connectivity index (χ2v) is 12.3. The first-order valence-electron chi connectivity index (χ1n) is 14.8. The predicted octanol–water partition coefficient (Wildman–Crippen LogP) is 4.51. The van der Waals surface area contributed by atoms with E-state index in [9.17, 15) is 19.2 Å². The fourth-order valence-electron chi connectivity index (χ4n) is 4.40. The number of rotatable bonds is 14. The first kappa shape index (κ1) is 34.9. The number of fused-ring (bicyclic) bond motifs is 1. The van der Waals surface area contributed by atoms with Crippen molar-refractivity contribution in [3.8, 4) is 5.75 Å². The van der Waals surface area contributed by atoms with Gasteiger partial charge in [0.2, 0.25) is 5.91 Å². The molecule has 1 aromatic rings. The fraction of sp³-hybridized carbons (Fsp3) is 0.677. The Morgan fingerprint density at radius 2 is 1.62 bits per heavy atom. The molecule has 2 atom stereocenters. The molecule has 2 rings (SSSR count). The van der Waals surface area contributed by atoms with Crippen LogP contribution in [0.1, 0.15) is 87.0 Å². The van der Waals surface area contributed by atoms with Crippen LogP contribution in [0.4, 0.5) is 10.5 Å². The molecule has 1 aliphatic heterocycles. The number of anilines is 1. The maximum Gasteiger partial charge on any atom is 0.407 e. The summed E-state index contributed by atoms with van der Waals surface area (Å²) in [6, 6.07) is 5.40. The van der Waals surface area contributed by atoms with E-state index in [0.717, 1.165) is 32.1 Å². The molecule has 42 heavy (non-hydrogen) atoms. The lowest BCUT2D eigenvalue weighted by Crippen LogP contribution is -2.55. The van der Waals surface area contributed by atoms with Crippen LogP contribution < -0.4 is 20.3 Å². The molecular weight excluding hydrogens is 542 g/mol. The van der Waals surface area contributed by atoms with Gasteiger partial charge in [0.05, 0.1) is 12.3 Å². The van der Waals surface area contributed by atoms with E-state index in [1.54, 1.807) is 52.0 Å². The van der Waals surface area contributed by atoms with Crippen molar-refractivity contribution < 1.29 is 38.1 Å². The van der Waals surface area contributed by atoms with E-state index in [4.69, 9.17) is 18.9 Å². The number of esters is 2. The van der Waals surface area contributed by atoms with Gasteiger partial charge in [-0.05, 0) is 73.4 Å². The monoisotopic (exact) mass is 591 g/mol. The lowest BCUT2D eigenvalue weighted by atomic mass is 10.0. The van der Waals surface area contributed by atoms with Crippen molar-refractivity contribution in [2.24, 2.45) is 0 Å². The van der Waals surface area contributed by atoms with Gasteiger partial charge in [-0.25, -0.2) is 4.79 Å². The molecule has 1 heterocycles. The van der Waals surface area contributed by atoms with Gasteiger partial charge in [0.1, 0.15) is 42.2 Å². The average molecular weight is 592 g/mol. The summed E-state index contributed by atoms with van der Waals surface area (Å²) in [6.45, 7) is 12.9. The number of carbonyl (C=O) groups excluding carboxylic acids is 4. The van der Waals surface area contributed by atoms with Crippen molar-refractivity contribution >= 4 is 29.6 Å². The summed E-state index contributed by atoms with van der Waals surface area (Å²) >= 11 is 0. The van der Waals surface area contributed by atoms with E-state index in [0.29, 0.717) is 24.4 Å². The quantitative estimate of drug-likeness (QED) is 0.182. The molecule has 1 unspecified atom stereocenters. The van der Waals surface area contributed by atoms with Crippen LogP contribution in [-0.4, -0.2) is 73.5 Å². The zero-order valence-electron chi connectivity index (χ0n) is 26.2.